The molecule has 1 atom stereocenters. The van der Waals surface area contributed by atoms with Crippen LogP contribution in [0.2, 0.25) is 0 Å². The Kier molecular flexibility index (Phi) is 11.7. The lowest BCUT2D eigenvalue weighted by atomic mass is 10.1. The number of halogens is 3. The predicted molar refractivity (Wildman–Crippen MR) is 175 cm³/mol. The molecule has 260 valence electrons. The third-order valence-corrected chi connectivity index (χ3v) is 9.96. The number of ether oxygens (including phenoxy) is 3. The summed E-state index contributed by atoms with van der Waals surface area (Å²) in [6.45, 7) is 7.11. The third kappa shape index (κ3) is 8.03. The summed E-state index contributed by atoms with van der Waals surface area (Å²) >= 11 is 0. The molecule has 0 saturated carbocycles. The van der Waals surface area contributed by atoms with Crippen LogP contribution < -0.4 is 14.5 Å². The van der Waals surface area contributed by atoms with Crippen LogP contribution in [0.15, 0.2) is 18.2 Å². The van der Waals surface area contributed by atoms with Crippen LogP contribution in [0.5, 0.6) is 5.75 Å². The minimum absolute atomic E-state index is 0. The fraction of sp³-hybridized carbons (Fsp3) is 0.655. The maximum absolute atomic E-state index is 14.6. The van der Waals surface area contributed by atoms with E-state index in [1.54, 1.807) is 18.2 Å². The van der Waals surface area contributed by atoms with E-state index in [-0.39, 0.29) is 36.5 Å². The van der Waals surface area contributed by atoms with Crippen LogP contribution >= 0.6 is 12.4 Å². The van der Waals surface area contributed by atoms with Crippen LogP contribution in [0, 0.1) is 0 Å². The van der Waals surface area contributed by atoms with E-state index in [0.717, 1.165) is 32.5 Å². The van der Waals surface area contributed by atoms with Gasteiger partial charge in [0.15, 0.2) is 5.82 Å². The van der Waals surface area contributed by atoms with Crippen molar-refractivity contribution >= 4 is 45.4 Å². The Morgan fingerprint density at radius 2 is 1.70 bits per heavy atom. The number of imidazole rings is 1. The molecule has 2 aromatic heterocycles. The molecule has 6 rings (SSSR count). The number of anilines is 2. The second kappa shape index (κ2) is 15.5. The van der Waals surface area contributed by atoms with Crippen LogP contribution in [0.25, 0.3) is 17.0 Å². The Bertz CT molecular complexity index is 1610. The molecule has 0 radical (unpaired) electrons. The van der Waals surface area contributed by atoms with Gasteiger partial charge in [-0.15, -0.1) is 12.4 Å². The largest absolute Gasteiger partial charge is 0.494 e. The monoisotopic (exact) mass is 701 g/mol. The number of hydrogen-bond donors (Lipinski definition) is 0. The molecular weight excluding hydrogens is 660 g/mol. The van der Waals surface area contributed by atoms with Gasteiger partial charge in [0, 0.05) is 58.4 Å². The van der Waals surface area contributed by atoms with Crippen LogP contribution in [0.4, 0.5) is 20.7 Å². The zero-order chi connectivity index (χ0) is 32.3. The maximum Gasteiger partial charge on any atom is 0.296 e. The van der Waals surface area contributed by atoms with E-state index in [9.17, 15) is 17.2 Å². The molecule has 0 spiro atoms. The molecule has 0 N–H and O–H groups in total. The molecule has 3 aliphatic heterocycles. The van der Waals surface area contributed by atoms with Crippen molar-refractivity contribution < 1.29 is 31.4 Å². The van der Waals surface area contributed by atoms with E-state index in [0.29, 0.717) is 82.2 Å². The van der Waals surface area contributed by atoms with Gasteiger partial charge in [0.25, 0.3) is 6.43 Å². The zero-order valence-corrected chi connectivity index (χ0v) is 28.3. The van der Waals surface area contributed by atoms with Gasteiger partial charge in [-0.1, -0.05) is 6.07 Å². The smallest absolute Gasteiger partial charge is 0.296 e. The Balaban J connectivity index is 0.00000433. The van der Waals surface area contributed by atoms with Gasteiger partial charge in [-0.05, 0) is 31.4 Å². The highest BCUT2D eigenvalue weighted by Gasteiger charge is 2.33. The lowest BCUT2D eigenvalue weighted by molar-refractivity contribution is 0.0375. The Morgan fingerprint density at radius 3 is 2.38 bits per heavy atom. The Labute approximate surface area is 279 Å². The average Bonchev–Trinajstić information content (AvgIpc) is 3.48. The fourth-order valence-corrected chi connectivity index (χ4v) is 7.20. The number of methoxy groups -OCH3 is 1. The van der Waals surface area contributed by atoms with Crippen LogP contribution in [0.3, 0.4) is 0 Å². The average molecular weight is 702 g/mol. The Morgan fingerprint density at radius 1 is 1.00 bits per heavy atom. The normalized spacial score (nSPS) is 20.0. The van der Waals surface area contributed by atoms with Gasteiger partial charge in [0.2, 0.25) is 27.9 Å². The number of piperidine rings is 1. The number of rotatable bonds is 11. The first-order valence-corrected chi connectivity index (χ1v) is 17.5. The van der Waals surface area contributed by atoms with Crippen molar-refractivity contribution in [1.82, 2.24) is 33.7 Å². The lowest BCUT2D eigenvalue weighted by Crippen LogP contribution is -2.51. The number of aromatic nitrogens is 5. The SMILES string of the molecule is COc1cccc2c1nc(C(F)F)n2-c1nc(N2CCOCC2)nc(N(CCCN2CCOCC2)C2CCCN(S(C)(=O)=O)C2)n1.Cl. The summed E-state index contributed by atoms with van der Waals surface area (Å²) in [5.74, 6) is 0.491. The van der Waals surface area contributed by atoms with Crippen LogP contribution in [-0.4, -0.2) is 140 Å². The van der Waals surface area contributed by atoms with E-state index in [2.05, 4.69) is 9.88 Å². The molecule has 5 heterocycles. The number of para-hydroxylation sites is 1. The van der Waals surface area contributed by atoms with E-state index >= 15 is 0 Å². The van der Waals surface area contributed by atoms with Crippen LogP contribution in [0.1, 0.15) is 31.5 Å². The van der Waals surface area contributed by atoms with Gasteiger partial charge in [-0.25, -0.2) is 26.5 Å². The van der Waals surface area contributed by atoms with Crippen molar-refractivity contribution in [2.45, 2.75) is 31.7 Å². The summed E-state index contributed by atoms with van der Waals surface area (Å²) in [6, 6.07) is 4.83. The number of hydrogen-bond acceptors (Lipinski definition) is 12. The summed E-state index contributed by atoms with van der Waals surface area (Å²) < 4.78 is 73.6. The second-order valence-corrected chi connectivity index (χ2v) is 13.7. The summed E-state index contributed by atoms with van der Waals surface area (Å²) in [6.07, 6.45) is 0.463. The number of alkyl halides is 2. The minimum Gasteiger partial charge on any atom is -0.494 e. The highest BCUT2D eigenvalue weighted by Crippen LogP contribution is 2.33. The molecule has 0 bridgehead atoms. The molecule has 1 aromatic carbocycles. The molecule has 0 amide bonds. The van der Waals surface area contributed by atoms with Crippen molar-refractivity contribution in [2.75, 3.05) is 102 Å². The maximum atomic E-state index is 14.6. The van der Waals surface area contributed by atoms with E-state index in [1.165, 1.54) is 22.2 Å². The molecule has 0 aliphatic carbocycles. The minimum atomic E-state index is -3.43. The highest BCUT2D eigenvalue weighted by atomic mass is 35.5. The highest BCUT2D eigenvalue weighted by molar-refractivity contribution is 7.88. The number of morpholine rings is 2. The standard InChI is InChI=1S/C29H41F2N9O5S.ClH/c1-43-23-8-3-7-22-24(23)32-26(25(30)31)40(22)29-34-27(37-14-18-45-19-15-37)33-28(35-29)39(11-5-9-36-12-16-44-17-13-36)21-6-4-10-38(20-21)46(2,41)42;/h3,7-8,21,25H,4-6,9-20H2,1-2H3;1H. The van der Waals surface area contributed by atoms with Crippen molar-refractivity contribution in [1.29, 1.82) is 0 Å². The number of sulfonamides is 1. The molecule has 18 heteroatoms. The summed E-state index contributed by atoms with van der Waals surface area (Å²) in [4.78, 5) is 25.1. The van der Waals surface area contributed by atoms with Crippen LogP contribution in [-0.2, 0) is 19.5 Å². The summed E-state index contributed by atoms with van der Waals surface area (Å²) in [5, 5.41) is 0. The second-order valence-electron chi connectivity index (χ2n) is 11.7. The quantitative estimate of drug-likeness (QED) is 0.291. The summed E-state index contributed by atoms with van der Waals surface area (Å²) in [5.41, 5.74) is 0.646. The van der Waals surface area contributed by atoms with E-state index < -0.39 is 22.3 Å². The van der Waals surface area contributed by atoms with Crippen molar-refractivity contribution in [3.63, 3.8) is 0 Å². The molecule has 3 aliphatic rings. The third-order valence-electron chi connectivity index (χ3n) is 8.69. The predicted octanol–water partition coefficient (Wildman–Crippen LogP) is 2.37. The number of nitrogens with zero attached hydrogens (tertiary/aromatic N) is 9. The van der Waals surface area contributed by atoms with Crippen molar-refractivity contribution in [2.24, 2.45) is 0 Å². The zero-order valence-electron chi connectivity index (χ0n) is 26.6. The van der Waals surface area contributed by atoms with Crippen molar-refractivity contribution in [3.8, 4) is 11.7 Å². The topological polar surface area (TPSA) is 131 Å². The van der Waals surface area contributed by atoms with Crippen molar-refractivity contribution in [3.05, 3.63) is 24.0 Å². The van der Waals surface area contributed by atoms with Gasteiger partial charge in [-0.3, -0.25) is 9.47 Å². The van der Waals surface area contributed by atoms with Gasteiger partial charge in [0.1, 0.15) is 11.3 Å². The Hall–Kier alpha value is -2.96. The van der Waals surface area contributed by atoms with E-state index in [1.807, 2.05) is 9.80 Å². The molecule has 3 fully saturated rings. The summed E-state index contributed by atoms with van der Waals surface area (Å²) in [7, 11) is -1.96. The molecular formula is C29H42ClF2N9O5S. The first-order valence-electron chi connectivity index (χ1n) is 15.7. The fourth-order valence-electron chi connectivity index (χ4n) is 6.30. The number of fused-ring (bicyclic) bond motifs is 1. The van der Waals surface area contributed by atoms with Gasteiger partial charge in [-0.2, -0.15) is 15.0 Å². The molecule has 14 nitrogen and oxygen atoms in total. The van der Waals surface area contributed by atoms with Gasteiger partial charge in [0.05, 0.1) is 45.3 Å². The molecule has 1 unspecified atom stereocenters. The first kappa shape index (κ1) is 35.3. The van der Waals surface area contributed by atoms with E-state index in [4.69, 9.17) is 29.2 Å². The first-order chi connectivity index (χ1) is 22.2. The van der Waals surface area contributed by atoms with Gasteiger partial charge < -0.3 is 24.0 Å². The molecule has 47 heavy (non-hydrogen) atoms. The number of benzene rings is 1. The molecule has 3 saturated heterocycles. The molecule has 3 aromatic rings. The van der Waals surface area contributed by atoms with Gasteiger partial charge >= 0.3 is 0 Å². The lowest BCUT2D eigenvalue weighted by Gasteiger charge is -2.39.